The smallest absolute Gasteiger partial charge is 0.348 e. The van der Waals surface area contributed by atoms with Crippen LogP contribution < -0.4 is 0 Å². The zero-order chi connectivity index (χ0) is 19.0. The largest absolute Gasteiger partial charge is 0.462 e. The molecule has 0 N–H and O–H groups in total. The second kappa shape index (κ2) is 7.58. The number of halogens is 1. The van der Waals surface area contributed by atoms with Crippen molar-refractivity contribution in [3.63, 3.8) is 0 Å². The molecular weight excluding hydrogens is 367 g/mol. The van der Waals surface area contributed by atoms with E-state index in [4.69, 9.17) is 9.47 Å². The van der Waals surface area contributed by atoms with E-state index in [0.29, 0.717) is 38.8 Å². The van der Waals surface area contributed by atoms with Crippen molar-refractivity contribution >= 4 is 33.4 Å². The predicted octanol–water partition coefficient (Wildman–Crippen LogP) is 5.09. The van der Waals surface area contributed by atoms with Crippen molar-refractivity contribution < 1.29 is 23.5 Å². The molecule has 144 valence electrons. The first-order valence-electron chi connectivity index (χ1n) is 9.59. The zero-order valence-corrected chi connectivity index (χ0v) is 16.1. The third kappa shape index (κ3) is 3.59. The molecule has 2 fully saturated rings. The minimum atomic E-state index is -0.503. The molecule has 0 spiro atoms. The Morgan fingerprint density at radius 3 is 2.78 bits per heavy atom. The van der Waals surface area contributed by atoms with Gasteiger partial charge in [0.25, 0.3) is 0 Å². The topological polar surface area (TPSA) is 52.6 Å². The van der Waals surface area contributed by atoms with Gasteiger partial charge < -0.3 is 9.47 Å². The van der Waals surface area contributed by atoms with Gasteiger partial charge in [0.05, 0.1) is 6.61 Å². The summed E-state index contributed by atoms with van der Waals surface area (Å²) in [6.45, 7) is 1.86. The lowest BCUT2D eigenvalue weighted by molar-refractivity contribution is -0.146. The quantitative estimate of drug-likeness (QED) is 0.645. The summed E-state index contributed by atoms with van der Waals surface area (Å²) >= 11 is 1.17. The number of fused-ring (bicyclic) bond motifs is 3. The first-order chi connectivity index (χ1) is 13.1. The number of hydrogen-bond acceptors (Lipinski definition) is 5. The van der Waals surface area contributed by atoms with Crippen LogP contribution >= 0.6 is 11.3 Å². The van der Waals surface area contributed by atoms with Gasteiger partial charge in [0.1, 0.15) is 17.3 Å². The van der Waals surface area contributed by atoms with Crippen molar-refractivity contribution in [3.05, 3.63) is 34.5 Å². The summed E-state index contributed by atoms with van der Waals surface area (Å²) in [6, 6.07) is 4.71. The number of benzene rings is 1. The second-order valence-electron chi connectivity index (χ2n) is 7.54. The summed E-state index contributed by atoms with van der Waals surface area (Å²) in [6.07, 6.45) is 5.28. The van der Waals surface area contributed by atoms with E-state index < -0.39 is 11.8 Å². The minimum Gasteiger partial charge on any atom is -0.462 e. The second-order valence-corrected chi connectivity index (χ2v) is 8.60. The van der Waals surface area contributed by atoms with Crippen LogP contribution in [0.5, 0.6) is 0 Å². The summed E-state index contributed by atoms with van der Waals surface area (Å²) in [4.78, 5) is 25.0. The van der Waals surface area contributed by atoms with E-state index in [1.165, 1.54) is 36.7 Å². The fourth-order valence-electron chi connectivity index (χ4n) is 4.72. The highest BCUT2D eigenvalue weighted by Crippen LogP contribution is 2.49. The molecule has 2 saturated carbocycles. The van der Waals surface area contributed by atoms with Crippen LogP contribution in [0.2, 0.25) is 0 Å². The fourth-order valence-corrected chi connectivity index (χ4v) is 5.83. The van der Waals surface area contributed by atoms with E-state index in [1.807, 2.05) is 0 Å². The van der Waals surface area contributed by atoms with Gasteiger partial charge in [0.2, 0.25) is 0 Å². The van der Waals surface area contributed by atoms with E-state index >= 15 is 0 Å². The summed E-state index contributed by atoms with van der Waals surface area (Å²) < 4.78 is 25.6. The highest BCUT2D eigenvalue weighted by atomic mass is 32.1. The monoisotopic (exact) mass is 390 g/mol. The summed E-state index contributed by atoms with van der Waals surface area (Å²) in [7, 11) is 0. The van der Waals surface area contributed by atoms with Crippen molar-refractivity contribution in [1.82, 2.24) is 0 Å². The van der Waals surface area contributed by atoms with E-state index in [2.05, 4.69) is 0 Å². The number of carbonyl (C=O) groups excluding carboxylic acids is 2. The third-order valence-electron chi connectivity index (χ3n) is 5.91. The molecule has 0 saturated heterocycles. The Bertz CT molecular complexity index is 874. The summed E-state index contributed by atoms with van der Waals surface area (Å²) in [5.74, 6) is 0.653. The molecule has 1 heterocycles. The van der Waals surface area contributed by atoms with E-state index in [1.54, 1.807) is 19.1 Å². The van der Waals surface area contributed by atoms with Crippen LogP contribution in [0.25, 0.3) is 10.1 Å². The molecule has 1 aromatic carbocycles. The van der Waals surface area contributed by atoms with Gasteiger partial charge in [-0.1, -0.05) is 12.5 Å². The number of thiophene rings is 1. The maximum Gasteiger partial charge on any atom is 0.348 e. The molecule has 2 aliphatic rings. The van der Waals surface area contributed by atoms with E-state index in [0.717, 1.165) is 12.3 Å². The molecule has 0 unspecified atom stereocenters. The maximum absolute atomic E-state index is 14.4. The van der Waals surface area contributed by atoms with Gasteiger partial charge in [-0.15, -0.1) is 11.3 Å². The Balaban J connectivity index is 1.51. The van der Waals surface area contributed by atoms with Gasteiger partial charge in [-0.3, -0.25) is 4.79 Å². The van der Waals surface area contributed by atoms with Crippen molar-refractivity contribution in [1.29, 1.82) is 0 Å². The summed E-state index contributed by atoms with van der Waals surface area (Å²) in [5, 5.41) is 0.346. The molecule has 4 nitrogen and oxygen atoms in total. The number of esters is 2. The molecule has 0 amide bonds. The molecule has 27 heavy (non-hydrogen) atoms. The van der Waals surface area contributed by atoms with Gasteiger partial charge in [0.15, 0.2) is 0 Å². The van der Waals surface area contributed by atoms with Gasteiger partial charge in [0, 0.05) is 22.1 Å². The molecule has 0 aliphatic heterocycles. The fraction of sp³-hybridized carbons (Fsp3) is 0.524. The molecule has 4 rings (SSSR count). The van der Waals surface area contributed by atoms with Crippen LogP contribution in [-0.4, -0.2) is 18.5 Å². The van der Waals surface area contributed by atoms with Crippen LogP contribution in [0.1, 0.15) is 54.3 Å². The SMILES string of the molecule is CCOC(=O)c1sc2cccc(F)c2c1COC(=O)C[C@H]1C[C@H]2CC[C@@H]1C2. The lowest BCUT2D eigenvalue weighted by Gasteiger charge is -2.20. The van der Waals surface area contributed by atoms with E-state index in [-0.39, 0.29) is 19.2 Å². The first kappa shape index (κ1) is 18.4. The maximum atomic E-state index is 14.4. The van der Waals surface area contributed by atoms with Crippen molar-refractivity contribution in [3.8, 4) is 0 Å². The van der Waals surface area contributed by atoms with Gasteiger partial charge >= 0.3 is 11.9 Å². The zero-order valence-electron chi connectivity index (χ0n) is 15.3. The normalized spacial score (nSPS) is 23.7. The Labute approximate surface area is 161 Å². The Hall–Kier alpha value is -1.95. The highest BCUT2D eigenvalue weighted by molar-refractivity contribution is 7.21. The molecule has 2 aromatic rings. The van der Waals surface area contributed by atoms with Crippen LogP contribution in [0, 0.1) is 23.6 Å². The third-order valence-corrected chi connectivity index (χ3v) is 7.09. The number of hydrogen-bond donors (Lipinski definition) is 0. The van der Waals surface area contributed by atoms with Gasteiger partial charge in [-0.2, -0.15) is 0 Å². The van der Waals surface area contributed by atoms with Crippen LogP contribution in [-0.2, 0) is 20.9 Å². The minimum absolute atomic E-state index is 0.102. The number of carbonyl (C=O) groups is 2. The Morgan fingerprint density at radius 2 is 2.07 bits per heavy atom. The average molecular weight is 390 g/mol. The first-order valence-corrected chi connectivity index (χ1v) is 10.4. The lowest BCUT2D eigenvalue weighted by atomic mass is 9.86. The molecule has 0 radical (unpaired) electrons. The molecule has 3 atom stereocenters. The predicted molar refractivity (Wildman–Crippen MR) is 101 cm³/mol. The Morgan fingerprint density at radius 1 is 1.22 bits per heavy atom. The van der Waals surface area contributed by atoms with E-state index in [9.17, 15) is 14.0 Å². The molecule has 2 bridgehead atoms. The van der Waals surface area contributed by atoms with Crippen LogP contribution in [0.3, 0.4) is 0 Å². The van der Waals surface area contributed by atoms with Crippen LogP contribution in [0.15, 0.2) is 18.2 Å². The van der Waals surface area contributed by atoms with Gasteiger partial charge in [-0.05, 0) is 56.1 Å². The van der Waals surface area contributed by atoms with Crippen molar-refractivity contribution in [2.24, 2.45) is 17.8 Å². The van der Waals surface area contributed by atoms with Crippen LogP contribution in [0.4, 0.5) is 4.39 Å². The van der Waals surface area contributed by atoms with Crippen molar-refractivity contribution in [2.45, 2.75) is 45.6 Å². The standard InChI is InChI=1S/C21H23FO4S/c1-2-25-21(24)20-15(19-16(22)4-3-5-17(19)27-20)11-26-18(23)10-14-9-12-6-7-13(14)8-12/h3-5,12-14H,2,6-11H2,1H3/t12-,13+,14+/m0/s1. The molecule has 2 aliphatic carbocycles. The summed E-state index contributed by atoms with van der Waals surface area (Å²) in [5.41, 5.74) is 0.410. The number of ether oxygens (including phenoxy) is 2. The lowest BCUT2D eigenvalue weighted by Crippen LogP contribution is -2.17. The van der Waals surface area contributed by atoms with Gasteiger partial charge in [-0.25, -0.2) is 9.18 Å². The highest BCUT2D eigenvalue weighted by Gasteiger charge is 2.40. The molecular formula is C21H23FO4S. The average Bonchev–Trinajstić information content (AvgIpc) is 3.34. The van der Waals surface area contributed by atoms with Crippen molar-refractivity contribution in [2.75, 3.05) is 6.61 Å². The molecule has 1 aromatic heterocycles. The number of rotatable bonds is 6. The molecule has 6 heteroatoms. The Kier molecular flexibility index (Phi) is 5.17.